The smallest absolute Gasteiger partial charge is 0.409 e. The maximum atomic E-state index is 11.5. The number of hydrogen-bond acceptors (Lipinski definition) is 7. The number of ether oxygens (including phenoxy) is 1. The van der Waals surface area contributed by atoms with E-state index in [0.29, 0.717) is 30.8 Å². The van der Waals surface area contributed by atoms with Crippen LogP contribution in [0.5, 0.6) is 0 Å². The number of hydrogen-bond donors (Lipinski definition) is 1. The molecule has 0 radical (unpaired) electrons. The number of likely N-dealkylation sites (tertiary alicyclic amines) is 1. The molecule has 3 heterocycles. The summed E-state index contributed by atoms with van der Waals surface area (Å²) in [6.45, 7) is 5.38. The standard InChI is InChI=1S/C17H23N5O3/c1-11(2)19-14-10-13(4-7-18-14)15-20-16(25-21-15)12-5-8-22(9-6-12)17(23)24-3/h4,7,10-12H,5-6,8-9H2,1-3H3,(H,18,19). The highest BCUT2D eigenvalue weighted by molar-refractivity contribution is 5.67. The van der Waals surface area contributed by atoms with Crippen molar-refractivity contribution in [2.75, 3.05) is 25.5 Å². The van der Waals surface area contributed by atoms with Crippen LogP contribution in [0.3, 0.4) is 0 Å². The topological polar surface area (TPSA) is 93.4 Å². The van der Waals surface area contributed by atoms with Gasteiger partial charge in [-0.15, -0.1) is 0 Å². The second-order valence-electron chi connectivity index (χ2n) is 6.42. The number of methoxy groups -OCH3 is 1. The van der Waals surface area contributed by atoms with Crippen LogP contribution in [-0.4, -0.2) is 52.4 Å². The summed E-state index contributed by atoms with van der Waals surface area (Å²) in [5.41, 5.74) is 0.861. The van der Waals surface area contributed by atoms with E-state index in [9.17, 15) is 4.79 Å². The molecule has 8 nitrogen and oxygen atoms in total. The third-order valence-corrected chi connectivity index (χ3v) is 4.17. The van der Waals surface area contributed by atoms with Gasteiger partial charge in [0.2, 0.25) is 11.7 Å². The van der Waals surface area contributed by atoms with Gasteiger partial charge in [-0.1, -0.05) is 5.16 Å². The second kappa shape index (κ2) is 7.50. The van der Waals surface area contributed by atoms with E-state index in [4.69, 9.17) is 9.26 Å². The number of aromatic nitrogens is 3. The van der Waals surface area contributed by atoms with Crippen LogP contribution in [0.1, 0.15) is 38.5 Å². The molecular weight excluding hydrogens is 322 g/mol. The van der Waals surface area contributed by atoms with Crippen molar-refractivity contribution in [1.82, 2.24) is 20.0 Å². The Kier molecular flexibility index (Phi) is 5.16. The van der Waals surface area contributed by atoms with Crippen molar-refractivity contribution in [3.05, 3.63) is 24.2 Å². The van der Waals surface area contributed by atoms with Gasteiger partial charge >= 0.3 is 6.09 Å². The van der Waals surface area contributed by atoms with Crippen molar-refractivity contribution in [1.29, 1.82) is 0 Å². The van der Waals surface area contributed by atoms with Crippen LogP contribution < -0.4 is 5.32 Å². The normalized spacial score (nSPS) is 15.4. The second-order valence-corrected chi connectivity index (χ2v) is 6.42. The highest BCUT2D eigenvalue weighted by Crippen LogP contribution is 2.29. The lowest BCUT2D eigenvalue weighted by Gasteiger charge is -2.28. The minimum atomic E-state index is -0.286. The molecule has 0 unspecified atom stereocenters. The van der Waals surface area contributed by atoms with Crippen LogP contribution in [0.4, 0.5) is 10.6 Å². The summed E-state index contributed by atoms with van der Waals surface area (Å²) in [5.74, 6) is 2.12. The van der Waals surface area contributed by atoms with E-state index in [2.05, 4.69) is 34.3 Å². The minimum Gasteiger partial charge on any atom is -0.453 e. The lowest BCUT2D eigenvalue weighted by atomic mass is 9.97. The SMILES string of the molecule is COC(=O)N1CCC(c2nc(-c3ccnc(NC(C)C)c3)no2)CC1. The van der Waals surface area contributed by atoms with Gasteiger partial charge in [0.25, 0.3) is 0 Å². The van der Waals surface area contributed by atoms with E-state index in [1.807, 2.05) is 12.1 Å². The number of piperidine rings is 1. The zero-order chi connectivity index (χ0) is 17.8. The maximum absolute atomic E-state index is 11.5. The molecule has 0 aromatic carbocycles. The summed E-state index contributed by atoms with van der Waals surface area (Å²) in [7, 11) is 1.40. The molecule has 25 heavy (non-hydrogen) atoms. The molecule has 1 aliphatic heterocycles. The van der Waals surface area contributed by atoms with Gasteiger partial charge in [-0.3, -0.25) is 0 Å². The van der Waals surface area contributed by atoms with E-state index in [1.54, 1.807) is 11.1 Å². The van der Waals surface area contributed by atoms with Crippen LogP contribution in [-0.2, 0) is 4.74 Å². The summed E-state index contributed by atoms with van der Waals surface area (Å²) in [6.07, 6.45) is 3.01. The lowest BCUT2D eigenvalue weighted by Crippen LogP contribution is -2.37. The van der Waals surface area contributed by atoms with Gasteiger partial charge in [-0.2, -0.15) is 4.98 Å². The zero-order valence-electron chi connectivity index (χ0n) is 14.7. The molecule has 0 atom stereocenters. The first-order chi connectivity index (χ1) is 12.1. The van der Waals surface area contributed by atoms with Gasteiger partial charge in [-0.05, 0) is 38.8 Å². The Morgan fingerprint density at radius 3 is 2.84 bits per heavy atom. The van der Waals surface area contributed by atoms with Crippen LogP contribution in [0.2, 0.25) is 0 Å². The van der Waals surface area contributed by atoms with Crippen molar-refractivity contribution >= 4 is 11.9 Å². The zero-order valence-corrected chi connectivity index (χ0v) is 14.7. The predicted molar refractivity (Wildman–Crippen MR) is 92.2 cm³/mol. The van der Waals surface area contributed by atoms with Crippen LogP contribution >= 0.6 is 0 Å². The van der Waals surface area contributed by atoms with Crippen molar-refractivity contribution in [3.8, 4) is 11.4 Å². The van der Waals surface area contributed by atoms with E-state index in [-0.39, 0.29) is 12.0 Å². The molecule has 1 amide bonds. The molecule has 2 aromatic rings. The first kappa shape index (κ1) is 17.2. The highest BCUT2D eigenvalue weighted by Gasteiger charge is 2.28. The van der Waals surface area contributed by atoms with Crippen molar-refractivity contribution in [3.63, 3.8) is 0 Å². The predicted octanol–water partition coefficient (Wildman–Crippen LogP) is 2.90. The number of carbonyl (C=O) groups excluding carboxylic acids is 1. The maximum Gasteiger partial charge on any atom is 0.409 e. The molecule has 1 fully saturated rings. The summed E-state index contributed by atoms with van der Waals surface area (Å²) < 4.78 is 10.2. The summed E-state index contributed by atoms with van der Waals surface area (Å²) in [4.78, 5) is 22.1. The van der Waals surface area contributed by atoms with Crippen LogP contribution in [0.25, 0.3) is 11.4 Å². The molecular formula is C17H23N5O3. The fourth-order valence-electron chi connectivity index (χ4n) is 2.90. The summed E-state index contributed by atoms with van der Waals surface area (Å²) in [6, 6.07) is 4.07. The fraction of sp³-hybridized carbons (Fsp3) is 0.529. The molecule has 2 aromatic heterocycles. The van der Waals surface area contributed by atoms with Crippen molar-refractivity contribution in [2.24, 2.45) is 0 Å². The van der Waals surface area contributed by atoms with E-state index >= 15 is 0 Å². The number of rotatable bonds is 4. The molecule has 0 saturated carbocycles. The fourth-order valence-corrected chi connectivity index (χ4v) is 2.90. The number of amides is 1. The Morgan fingerprint density at radius 2 is 2.16 bits per heavy atom. The molecule has 1 N–H and O–H groups in total. The number of nitrogens with one attached hydrogen (secondary N) is 1. The lowest BCUT2D eigenvalue weighted by molar-refractivity contribution is 0.109. The molecule has 3 rings (SSSR count). The number of anilines is 1. The molecule has 8 heteroatoms. The Labute approximate surface area is 146 Å². The Bertz CT molecular complexity index is 723. The monoisotopic (exact) mass is 345 g/mol. The summed E-state index contributed by atoms with van der Waals surface area (Å²) in [5, 5.41) is 7.36. The van der Waals surface area contributed by atoms with Gasteiger partial charge in [-0.25, -0.2) is 9.78 Å². The van der Waals surface area contributed by atoms with Gasteiger partial charge in [0.15, 0.2) is 0 Å². The Morgan fingerprint density at radius 1 is 1.40 bits per heavy atom. The average molecular weight is 345 g/mol. The van der Waals surface area contributed by atoms with Crippen LogP contribution in [0, 0.1) is 0 Å². The Balaban J connectivity index is 1.68. The molecule has 0 spiro atoms. The van der Waals surface area contributed by atoms with E-state index < -0.39 is 0 Å². The first-order valence-corrected chi connectivity index (χ1v) is 8.46. The number of carbonyl (C=O) groups is 1. The third kappa shape index (κ3) is 4.07. The van der Waals surface area contributed by atoms with Crippen LogP contribution in [0.15, 0.2) is 22.9 Å². The van der Waals surface area contributed by atoms with Crippen molar-refractivity contribution < 1.29 is 14.1 Å². The van der Waals surface area contributed by atoms with Gasteiger partial charge in [0.1, 0.15) is 5.82 Å². The minimum absolute atomic E-state index is 0.164. The largest absolute Gasteiger partial charge is 0.453 e. The first-order valence-electron chi connectivity index (χ1n) is 8.46. The summed E-state index contributed by atoms with van der Waals surface area (Å²) >= 11 is 0. The molecule has 1 saturated heterocycles. The number of pyridine rings is 1. The third-order valence-electron chi connectivity index (χ3n) is 4.17. The van der Waals surface area contributed by atoms with Gasteiger partial charge in [0, 0.05) is 36.8 Å². The highest BCUT2D eigenvalue weighted by atomic mass is 16.5. The quantitative estimate of drug-likeness (QED) is 0.910. The van der Waals surface area contributed by atoms with Crippen molar-refractivity contribution in [2.45, 2.75) is 38.6 Å². The van der Waals surface area contributed by atoms with E-state index in [0.717, 1.165) is 24.2 Å². The number of nitrogens with zero attached hydrogens (tertiary/aromatic N) is 4. The molecule has 134 valence electrons. The molecule has 1 aliphatic rings. The molecule has 0 bridgehead atoms. The van der Waals surface area contributed by atoms with Gasteiger partial charge < -0.3 is 19.5 Å². The van der Waals surface area contributed by atoms with Gasteiger partial charge in [0.05, 0.1) is 7.11 Å². The van der Waals surface area contributed by atoms with E-state index in [1.165, 1.54) is 7.11 Å². The Hall–Kier alpha value is -2.64. The average Bonchev–Trinajstić information content (AvgIpc) is 3.11. The molecule has 0 aliphatic carbocycles.